The van der Waals surface area contributed by atoms with E-state index in [1.165, 1.54) is 5.56 Å². The normalized spacial score (nSPS) is 10.4. The SMILES string of the molecule is CCN(Cc1ccc(N)cc1Br)c1cccc(O)c1. The first kappa shape index (κ1) is 13.7. The summed E-state index contributed by atoms with van der Waals surface area (Å²) in [6, 6.07) is 13.1. The molecule has 0 aliphatic heterocycles. The molecule has 2 aromatic rings. The molecule has 4 heteroatoms. The number of benzene rings is 2. The van der Waals surface area contributed by atoms with Gasteiger partial charge in [-0.3, -0.25) is 0 Å². The lowest BCUT2D eigenvalue weighted by molar-refractivity contribution is 0.475. The van der Waals surface area contributed by atoms with Crippen LogP contribution in [0.1, 0.15) is 12.5 Å². The van der Waals surface area contributed by atoms with E-state index >= 15 is 0 Å². The monoisotopic (exact) mass is 320 g/mol. The molecule has 3 nitrogen and oxygen atoms in total. The van der Waals surface area contributed by atoms with Gasteiger partial charge in [-0.15, -0.1) is 0 Å². The van der Waals surface area contributed by atoms with Gasteiger partial charge in [0.15, 0.2) is 0 Å². The Morgan fingerprint density at radius 2 is 2.00 bits per heavy atom. The zero-order chi connectivity index (χ0) is 13.8. The summed E-state index contributed by atoms with van der Waals surface area (Å²) in [6.07, 6.45) is 0. The Morgan fingerprint density at radius 3 is 2.63 bits per heavy atom. The summed E-state index contributed by atoms with van der Waals surface area (Å²) < 4.78 is 1.01. The fourth-order valence-electron chi connectivity index (χ4n) is 1.97. The molecule has 0 aliphatic rings. The molecule has 2 rings (SSSR count). The number of nitrogens with two attached hydrogens (primary N) is 1. The lowest BCUT2D eigenvalue weighted by Crippen LogP contribution is -2.22. The number of aromatic hydroxyl groups is 1. The molecule has 0 spiro atoms. The number of halogens is 1. The Balaban J connectivity index is 2.24. The van der Waals surface area contributed by atoms with Crippen molar-refractivity contribution >= 4 is 27.3 Å². The number of phenolic OH excluding ortho intramolecular Hbond substituents is 1. The van der Waals surface area contributed by atoms with E-state index in [9.17, 15) is 5.11 Å². The van der Waals surface area contributed by atoms with Gasteiger partial charge in [-0.25, -0.2) is 0 Å². The van der Waals surface area contributed by atoms with Crippen LogP contribution in [0.15, 0.2) is 46.9 Å². The maximum atomic E-state index is 9.56. The van der Waals surface area contributed by atoms with E-state index in [4.69, 9.17) is 5.73 Å². The second kappa shape index (κ2) is 5.97. The molecular formula is C15H17BrN2O. The van der Waals surface area contributed by atoms with Crippen molar-refractivity contribution in [1.29, 1.82) is 0 Å². The Kier molecular flexibility index (Phi) is 4.32. The van der Waals surface area contributed by atoms with Gasteiger partial charge in [0.05, 0.1) is 0 Å². The van der Waals surface area contributed by atoms with Crippen LogP contribution in [0.3, 0.4) is 0 Å². The average Bonchev–Trinajstić information content (AvgIpc) is 2.38. The number of nitrogens with zero attached hydrogens (tertiary/aromatic N) is 1. The summed E-state index contributed by atoms with van der Waals surface area (Å²) in [5.74, 6) is 0.285. The molecule has 0 aliphatic carbocycles. The maximum Gasteiger partial charge on any atom is 0.117 e. The van der Waals surface area contributed by atoms with Crippen molar-refractivity contribution < 1.29 is 5.11 Å². The van der Waals surface area contributed by atoms with Crippen molar-refractivity contribution in [2.45, 2.75) is 13.5 Å². The summed E-state index contributed by atoms with van der Waals surface area (Å²) in [5, 5.41) is 9.56. The van der Waals surface area contributed by atoms with Gasteiger partial charge in [-0.2, -0.15) is 0 Å². The third-order valence-corrected chi connectivity index (χ3v) is 3.75. The minimum Gasteiger partial charge on any atom is -0.508 e. The van der Waals surface area contributed by atoms with E-state index in [0.717, 1.165) is 28.9 Å². The van der Waals surface area contributed by atoms with Crippen LogP contribution >= 0.6 is 15.9 Å². The second-order valence-electron chi connectivity index (χ2n) is 4.38. The van der Waals surface area contributed by atoms with E-state index in [0.29, 0.717) is 0 Å². The molecule has 19 heavy (non-hydrogen) atoms. The largest absolute Gasteiger partial charge is 0.508 e. The molecule has 0 bridgehead atoms. The molecule has 3 N–H and O–H groups in total. The summed E-state index contributed by atoms with van der Waals surface area (Å²) >= 11 is 3.54. The number of nitrogen functional groups attached to an aromatic ring is 1. The summed E-state index contributed by atoms with van der Waals surface area (Å²) in [4.78, 5) is 2.19. The molecule has 0 fully saturated rings. The highest BCUT2D eigenvalue weighted by atomic mass is 79.9. The highest BCUT2D eigenvalue weighted by molar-refractivity contribution is 9.10. The standard InChI is InChI=1S/C15H17BrN2O/c1-2-18(13-4-3-5-14(19)9-13)10-11-6-7-12(17)8-15(11)16/h3-9,19H,2,10,17H2,1H3. The van der Waals surface area contributed by atoms with E-state index in [1.807, 2.05) is 30.3 Å². The smallest absolute Gasteiger partial charge is 0.117 e. The zero-order valence-electron chi connectivity index (χ0n) is 10.8. The highest BCUT2D eigenvalue weighted by Crippen LogP contribution is 2.25. The van der Waals surface area contributed by atoms with Crippen LogP contribution in [0.4, 0.5) is 11.4 Å². The summed E-state index contributed by atoms with van der Waals surface area (Å²) in [7, 11) is 0. The average molecular weight is 321 g/mol. The van der Waals surface area contributed by atoms with Crippen LogP contribution in [0, 0.1) is 0 Å². The number of hydrogen-bond acceptors (Lipinski definition) is 3. The molecule has 0 saturated heterocycles. The lowest BCUT2D eigenvalue weighted by atomic mass is 10.1. The number of phenols is 1. The molecule has 2 aromatic carbocycles. The van der Waals surface area contributed by atoms with Crippen LogP contribution in [-0.2, 0) is 6.54 Å². The van der Waals surface area contributed by atoms with Crippen LogP contribution < -0.4 is 10.6 Å². The van der Waals surface area contributed by atoms with Gasteiger partial charge in [0.2, 0.25) is 0 Å². The predicted molar refractivity (Wildman–Crippen MR) is 83.4 cm³/mol. The lowest BCUT2D eigenvalue weighted by Gasteiger charge is -2.24. The van der Waals surface area contributed by atoms with E-state index in [2.05, 4.69) is 27.8 Å². The molecule has 100 valence electrons. The van der Waals surface area contributed by atoms with Crippen molar-refractivity contribution in [2.75, 3.05) is 17.2 Å². The molecular weight excluding hydrogens is 304 g/mol. The Morgan fingerprint density at radius 1 is 1.21 bits per heavy atom. The second-order valence-corrected chi connectivity index (χ2v) is 5.24. The first-order valence-electron chi connectivity index (χ1n) is 6.18. The van der Waals surface area contributed by atoms with Crippen molar-refractivity contribution in [3.8, 4) is 5.75 Å². The van der Waals surface area contributed by atoms with E-state index in [-0.39, 0.29) is 5.75 Å². The first-order valence-corrected chi connectivity index (χ1v) is 6.97. The molecule has 0 radical (unpaired) electrons. The van der Waals surface area contributed by atoms with Crippen LogP contribution in [0.25, 0.3) is 0 Å². The molecule has 0 atom stereocenters. The number of anilines is 2. The molecule has 0 unspecified atom stereocenters. The quantitative estimate of drug-likeness (QED) is 0.843. The van der Waals surface area contributed by atoms with Crippen LogP contribution in [-0.4, -0.2) is 11.7 Å². The van der Waals surface area contributed by atoms with Crippen molar-refractivity contribution in [2.24, 2.45) is 0 Å². The first-order chi connectivity index (χ1) is 9.10. The predicted octanol–water partition coefficient (Wildman–Crippen LogP) is 3.76. The third kappa shape index (κ3) is 3.41. The van der Waals surface area contributed by atoms with Crippen LogP contribution in [0.2, 0.25) is 0 Å². The highest BCUT2D eigenvalue weighted by Gasteiger charge is 2.08. The molecule has 0 amide bonds. The Bertz CT molecular complexity index is 572. The topological polar surface area (TPSA) is 49.5 Å². The third-order valence-electron chi connectivity index (χ3n) is 3.01. The fourth-order valence-corrected chi connectivity index (χ4v) is 2.49. The van der Waals surface area contributed by atoms with Crippen molar-refractivity contribution in [3.63, 3.8) is 0 Å². The van der Waals surface area contributed by atoms with Gasteiger partial charge in [0.25, 0.3) is 0 Å². The number of rotatable bonds is 4. The van der Waals surface area contributed by atoms with Gasteiger partial charge in [0.1, 0.15) is 5.75 Å². The summed E-state index contributed by atoms with van der Waals surface area (Å²) in [5.41, 5.74) is 8.66. The van der Waals surface area contributed by atoms with Crippen LogP contribution in [0.5, 0.6) is 5.75 Å². The van der Waals surface area contributed by atoms with Gasteiger partial charge in [0, 0.05) is 35.0 Å². The maximum absolute atomic E-state index is 9.56. The Hall–Kier alpha value is -1.68. The van der Waals surface area contributed by atoms with Gasteiger partial charge in [-0.1, -0.05) is 28.1 Å². The van der Waals surface area contributed by atoms with Crippen molar-refractivity contribution in [1.82, 2.24) is 0 Å². The number of hydrogen-bond donors (Lipinski definition) is 2. The Labute approximate surface area is 121 Å². The van der Waals surface area contributed by atoms with Gasteiger partial charge in [-0.05, 0) is 36.8 Å². The molecule has 0 aromatic heterocycles. The minimum atomic E-state index is 0.285. The van der Waals surface area contributed by atoms with Crippen molar-refractivity contribution in [3.05, 3.63) is 52.5 Å². The zero-order valence-corrected chi connectivity index (χ0v) is 12.4. The van der Waals surface area contributed by atoms with Gasteiger partial charge < -0.3 is 15.7 Å². The molecule has 0 saturated carbocycles. The van der Waals surface area contributed by atoms with E-state index < -0.39 is 0 Å². The van der Waals surface area contributed by atoms with E-state index in [1.54, 1.807) is 12.1 Å². The fraction of sp³-hybridized carbons (Fsp3) is 0.200. The minimum absolute atomic E-state index is 0.285. The van der Waals surface area contributed by atoms with Gasteiger partial charge >= 0.3 is 0 Å². The molecule has 0 heterocycles. The summed E-state index contributed by atoms with van der Waals surface area (Å²) in [6.45, 7) is 3.72.